The summed E-state index contributed by atoms with van der Waals surface area (Å²) in [5.41, 5.74) is 0. The Morgan fingerprint density at radius 2 is 2.09 bits per heavy atom. The minimum absolute atomic E-state index is 1.27. The van der Waals surface area contributed by atoms with Gasteiger partial charge in [0.1, 0.15) is 0 Å². The van der Waals surface area contributed by atoms with E-state index in [2.05, 4.69) is 24.4 Å². The first-order valence-electron chi connectivity index (χ1n) is 4.46. The van der Waals surface area contributed by atoms with Crippen LogP contribution in [0.25, 0.3) is 0 Å². The molecule has 0 aliphatic rings. The molecular weight excluding hydrogens is 152 g/mol. The molecule has 0 saturated heterocycles. The van der Waals surface area contributed by atoms with Crippen LogP contribution in [-0.2, 0) is 6.42 Å². The number of thiophene rings is 1. The Bertz CT molecular complexity index is 142. The molecule has 1 aromatic heterocycles. The van der Waals surface area contributed by atoms with Gasteiger partial charge in [0.25, 0.3) is 0 Å². The molecule has 0 amide bonds. The summed E-state index contributed by atoms with van der Waals surface area (Å²) in [4.78, 5) is 1.52. The lowest BCUT2D eigenvalue weighted by atomic mass is 10.2. The zero-order chi connectivity index (χ0) is 8.53. The van der Waals surface area contributed by atoms with Crippen LogP contribution in [0.3, 0.4) is 0 Å². The molecule has 1 aromatic rings. The maximum Gasteiger partial charge on any atom is 0.00452 e. The van der Waals surface area contributed by atoms with Gasteiger partial charge in [-0.05, 0) is 24.3 Å². The molecule has 0 nitrogen and oxygen atoms in total. The number of hydrogen-bond donors (Lipinski definition) is 0. The van der Waals surface area contributed by atoms with Gasteiger partial charge in [-0.3, -0.25) is 0 Å². The zero-order valence-corrected chi connectivity index (χ0v) is 8.58. The largest absolute Gasteiger partial charge is 0.149 e. The lowest BCUT2D eigenvalue weighted by Gasteiger charge is -1.90. The van der Waals surface area contributed by atoms with Gasteiger partial charge in [0.15, 0.2) is 0 Å². The highest BCUT2D eigenvalue weighted by molar-refractivity contribution is 7.09. The summed E-state index contributed by atoms with van der Waals surface area (Å²) >= 11 is 1.86. The molecule has 1 rings (SSSR count). The first kappa shape index (κ1) is 10.7. The van der Waals surface area contributed by atoms with Crippen molar-refractivity contribution in [2.75, 3.05) is 0 Å². The fourth-order valence-electron chi connectivity index (χ4n) is 0.806. The number of rotatable bonds is 3. The Hall–Kier alpha value is -0.300. The SMILES string of the molecule is CC.CCCCc1cccs1. The molecular formula is C10H18S. The molecule has 0 N–H and O–H groups in total. The molecule has 1 heteroatoms. The third-order valence-electron chi connectivity index (χ3n) is 1.36. The summed E-state index contributed by atoms with van der Waals surface area (Å²) in [7, 11) is 0. The highest BCUT2D eigenvalue weighted by Crippen LogP contribution is 2.11. The van der Waals surface area contributed by atoms with Crippen LogP contribution in [0.4, 0.5) is 0 Å². The Labute approximate surface area is 74.3 Å². The third kappa shape index (κ3) is 5.02. The van der Waals surface area contributed by atoms with Crippen molar-refractivity contribution < 1.29 is 0 Å². The van der Waals surface area contributed by atoms with Crippen LogP contribution < -0.4 is 0 Å². The average molecular weight is 170 g/mol. The van der Waals surface area contributed by atoms with Crippen molar-refractivity contribution in [3.8, 4) is 0 Å². The molecule has 0 unspecified atom stereocenters. The van der Waals surface area contributed by atoms with Crippen LogP contribution in [0.2, 0.25) is 0 Å². The topological polar surface area (TPSA) is 0 Å². The standard InChI is InChI=1S/C8H12S.C2H6/c1-2-3-5-8-6-4-7-9-8;1-2/h4,6-7H,2-3,5H2,1H3;1-2H3. The second-order valence-corrected chi connectivity index (χ2v) is 3.22. The zero-order valence-electron chi connectivity index (χ0n) is 7.76. The fourth-order valence-corrected chi connectivity index (χ4v) is 1.56. The molecule has 0 fully saturated rings. The monoisotopic (exact) mass is 170 g/mol. The van der Waals surface area contributed by atoms with E-state index in [1.165, 1.54) is 24.1 Å². The average Bonchev–Trinajstić information content (AvgIpc) is 2.57. The maximum absolute atomic E-state index is 2.23. The van der Waals surface area contributed by atoms with E-state index in [4.69, 9.17) is 0 Å². The van der Waals surface area contributed by atoms with Crippen molar-refractivity contribution in [1.82, 2.24) is 0 Å². The van der Waals surface area contributed by atoms with Crippen molar-refractivity contribution in [2.24, 2.45) is 0 Å². The van der Waals surface area contributed by atoms with Gasteiger partial charge < -0.3 is 0 Å². The van der Waals surface area contributed by atoms with E-state index in [0.29, 0.717) is 0 Å². The van der Waals surface area contributed by atoms with Crippen molar-refractivity contribution in [3.63, 3.8) is 0 Å². The molecule has 0 atom stereocenters. The van der Waals surface area contributed by atoms with Gasteiger partial charge in [0, 0.05) is 4.88 Å². The van der Waals surface area contributed by atoms with E-state index in [9.17, 15) is 0 Å². The number of unbranched alkanes of at least 4 members (excludes halogenated alkanes) is 1. The van der Waals surface area contributed by atoms with Crippen LogP contribution in [0.1, 0.15) is 38.5 Å². The summed E-state index contributed by atoms with van der Waals surface area (Å²) < 4.78 is 0. The van der Waals surface area contributed by atoms with E-state index in [1.807, 2.05) is 25.2 Å². The molecule has 0 aliphatic heterocycles. The Kier molecular flexibility index (Phi) is 7.59. The normalized spacial score (nSPS) is 8.64. The Balaban J connectivity index is 0.000000461. The quantitative estimate of drug-likeness (QED) is 0.640. The summed E-state index contributed by atoms with van der Waals surface area (Å²) in [6.07, 6.45) is 3.91. The summed E-state index contributed by atoms with van der Waals surface area (Å²) in [6.45, 7) is 6.23. The molecule has 1 heterocycles. The van der Waals surface area contributed by atoms with E-state index in [-0.39, 0.29) is 0 Å². The second kappa shape index (κ2) is 7.80. The highest BCUT2D eigenvalue weighted by atomic mass is 32.1. The van der Waals surface area contributed by atoms with Crippen LogP contribution in [0, 0.1) is 0 Å². The van der Waals surface area contributed by atoms with Gasteiger partial charge in [-0.2, -0.15) is 0 Å². The highest BCUT2D eigenvalue weighted by Gasteiger charge is 1.89. The van der Waals surface area contributed by atoms with Crippen molar-refractivity contribution in [3.05, 3.63) is 22.4 Å². The van der Waals surface area contributed by atoms with Crippen LogP contribution in [0.5, 0.6) is 0 Å². The Morgan fingerprint density at radius 1 is 1.36 bits per heavy atom. The van der Waals surface area contributed by atoms with Crippen LogP contribution >= 0.6 is 11.3 Å². The van der Waals surface area contributed by atoms with Gasteiger partial charge >= 0.3 is 0 Å². The summed E-state index contributed by atoms with van der Waals surface area (Å²) in [6, 6.07) is 4.33. The lowest BCUT2D eigenvalue weighted by molar-refractivity contribution is 0.804. The van der Waals surface area contributed by atoms with E-state index in [0.717, 1.165) is 0 Å². The van der Waals surface area contributed by atoms with Crippen LogP contribution in [-0.4, -0.2) is 0 Å². The van der Waals surface area contributed by atoms with Gasteiger partial charge in [0.2, 0.25) is 0 Å². The minimum Gasteiger partial charge on any atom is -0.149 e. The second-order valence-electron chi connectivity index (χ2n) is 2.18. The van der Waals surface area contributed by atoms with Crippen molar-refractivity contribution >= 4 is 11.3 Å². The first-order chi connectivity index (χ1) is 5.43. The molecule has 0 radical (unpaired) electrons. The molecule has 0 aliphatic carbocycles. The predicted molar refractivity (Wildman–Crippen MR) is 54.3 cm³/mol. The Morgan fingerprint density at radius 3 is 2.55 bits per heavy atom. The van der Waals surface area contributed by atoms with Crippen molar-refractivity contribution in [1.29, 1.82) is 0 Å². The smallest absolute Gasteiger partial charge is 0.00452 e. The van der Waals surface area contributed by atoms with E-state index in [1.54, 1.807) is 0 Å². The molecule has 0 spiro atoms. The first-order valence-corrected chi connectivity index (χ1v) is 5.34. The van der Waals surface area contributed by atoms with Gasteiger partial charge in [-0.1, -0.05) is 33.3 Å². The molecule has 0 aromatic carbocycles. The third-order valence-corrected chi connectivity index (χ3v) is 2.29. The fraction of sp³-hybridized carbons (Fsp3) is 0.600. The molecule has 11 heavy (non-hydrogen) atoms. The summed E-state index contributed by atoms with van der Waals surface area (Å²) in [5, 5.41) is 2.14. The molecule has 0 saturated carbocycles. The minimum atomic E-state index is 1.27. The summed E-state index contributed by atoms with van der Waals surface area (Å²) in [5.74, 6) is 0. The van der Waals surface area contributed by atoms with Gasteiger partial charge in [0.05, 0.1) is 0 Å². The van der Waals surface area contributed by atoms with Gasteiger partial charge in [-0.15, -0.1) is 11.3 Å². The molecule has 0 bridgehead atoms. The number of aryl methyl sites for hydroxylation is 1. The lowest BCUT2D eigenvalue weighted by Crippen LogP contribution is -1.75. The predicted octanol–water partition coefficient (Wildman–Crippen LogP) is 4.12. The maximum atomic E-state index is 2.23. The van der Waals surface area contributed by atoms with Crippen molar-refractivity contribution in [2.45, 2.75) is 40.0 Å². The van der Waals surface area contributed by atoms with Gasteiger partial charge in [-0.25, -0.2) is 0 Å². The van der Waals surface area contributed by atoms with E-state index >= 15 is 0 Å². The van der Waals surface area contributed by atoms with Crippen LogP contribution in [0.15, 0.2) is 17.5 Å². The van der Waals surface area contributed by atoms with E-state index < -0.39 is 0 Å². The number of hydrogen-bond acceptors (Lipinski definition) is 1. The molecule has 64 valence electrons.